The standard InChI is InChI=1S/C12H17NO/c1-3-7-11(14)12(13-2)10-8-5-4-6-9-10/h4-6,8-9,12-13H,3,7H2,1-2H3/t12-/m0/s1. The number of benzene rings is 1. The zero-order chi connectivity index (χ0) is 10.4. The van der Waals surface area contributed by atoms with Gasteiger partial charge in [0.05, 0.1) is 6.04 Å². The van der Waals surface area contributed by atoms with Crippen LogP contribution >= 0.6 is 0 Å². The normalized spacial score (nSPS) is 12.4. The number of nitrogens with one attached hydrogen (secondary N) is 1. The van der Waals surface area contributed by atoms with E-state index in [1.165, 1.54) is 0 Å². The molecule has 1 atom stereocenters. The van der Waals surface area contributed by atoms with E-state index in [0.29, 0.717) is 6.42 Å². The Kier molecular flexibility index (Phi) is 4.33. The van der Waals surface area contributed by atoms with Gasteiger partial charge in [0.15, 0.2) is 5.78 Å². The number of Topliss-reactive ketones (excluding diaryl/α,β-unsaturated/α-hetero) is 1. The molecule has 0 bridgehead atoms. The maximum atomic E-state index is 11.7. The maximum absolute atomic E-state index is 11.7. The van der Waals surface area contributed by atoms with E-state index < -0.39 is 0 Å². The summed E-state index contributed by atoms with van der Waals surface area (Å²) in [4.78, 5) is 11.7. The highest BCUT2D eigenvalue weighted by Gasteiger charge is 2.16. The summed E-state index contributed by atoms with van der Waals surface area (Å²) in [6.07, 6.45) is 1.55. The number of carbonyl (C=O) groups is 1. The molecule has 0 amide bonds. The van der Waals surface area contributed by atoms with E-state index in [9.17, 15) is 4.79 Å². The number of ketones is 1. The Labute approximate surface area is 85.3 Å². The van der Waals surface area contributed by atoms with Gasteiger partial charge in [-0.25, -0.2) is 0 Å². The van der Waals surface area contributed by atoms with E-state index in [4.69, 9.17) is 0 Å². The predicted molar refractivity (Wildman–Crippen MR) is 58.2 cm³/mol. The molecule has 0 aliphatic rings. The van der Waals surface area contributed by atoms with Gasteiger partial charge in [0.2, 0.25) is 0 Å². The Bertz CT molecular complexity index is 282. The van der Waals surface area contributed by atoms with E-state index in [1.807, 2.05) is 44.3 Å². The van der Waals surface area contributed by atoms with Gasteiger partial charge in [0.25, 0.3) is 0 Å². The van der Waals surface area contributed by atoms with Crippen LogP contribution in [0.5, 0.6) is 0 Å². The minimum atomic E-state index is -0.142. The van der Waals surface area contributed by atoms with E-state index >= 15 is 0 Å². The molecule has 0 saturated heterocycles. The van der Waals surface area contributed by atoms with Crippen LogP contribution in [0.1, 0.15) is 31.4 Å². The van der Waals surface area contributed by atoms with Crippen molar-refractivity contribution in [3.8, 4) is 0 Å². The molecule has 76 valence electrons. The van der Waals surface area contributed by atoms with Gasteiger partial charge in [-0.05, 0) is 19.0 Å². The monoisotopic (exact) mass is 191 g/mol. The molecule has 0 aliphatic heterocycles. The highest BCUT2D eigenvalue weighted by molar-refractivity contribution is 5.85. The second-order valence-corrected chi connectivity index (χ2v) is 3.35. The van der Waals surface area contributed by atoms with Crippen molar-refractivity contribution in [2.45, 2.75) is 25.8 Å². The van der Waals surface area contributed by atoms with Crippen LogP contribution in [0.4, 0.5) is 0 Å². The van der Waals surface area contributed by atoms with Crippen molar-refractivity contribution in [3.05, 3.63) is 35.9 Å². The van der Waals surface area contributed by atoms with Gasteiger partial charge in [0.1, 0.15) is 0 Å². The lowest BCUT2D eigenvalue weighted by Gasteiger charge is -2.14. The molecule has 14 heavy (non-hydrogen) atoms. The lowest BCUT2D eigenvalue weighted by atomic mass is 10.0. The van der Waals surface area contributed by atoms with Crippen LogP contribution in [0.2, 0.25) is 0 Å². The van der Waals surface area contributed by atoms with Gasteiger partial charge < -0.3 is 5.32 Å². The van der Waals surface area contributed by atoms with Crippen molar-refractivity contribution in [3.63, 3.8) is 0 Å². The van der Waals surface area contributed by atoms with Crippen molar-refractivity contribution in [2.24, 2.45) is 0 Å². The summed E-state index contributed by atoms with van der Waals surface area (Å²) in [5.41, 5.74) is 1.05. The van der Waals surface area contributed by atoms with Gasteiger partial charge in [-0.2, -0.15) is 0 Å². The van der Waals surface area contributed by atoms with E-state index in [2.05, 4.69) is 5.32 Å². The first-order valence-electron chi connectivity index (χ1n) is 5.04. The average molecular weight is 191 g/mol. The average Bonchev–Trinajstić information content (AvgIpc) is 2.21. The first kappa shape index (κ1) is 10.9. The summed E-state index contributed by atoms with van der Waals surface area (Å²) in [6, 6.07) is 9.69. The molecule has 0 heterocycles. The number of hydrogen-bond acceptors (Lipinski definition) is 2. The Hall–Kier alpha value is -1.15. The van der Waals surface area contributed by atoms with E-state index in [0.717, 1.165) is 12.0 Å². The summed E-state index contributed by atoms with van der Waals surface area (Å²) in [7, 11) is 1.82. The Morgan fingerprint density at radius 2 is 2.00 bits per heavy atom. The lowest BCUT2D eigenvalue weighted by Crippen LogP contribution is -2.25. The zero-order valence-corrected chi connectivity index (χ0v) is 8.79. The third-order valence-corrected chi connectivity index (χ3v) is 2.24. The third-order valence-electron chi connectivity index (χ3n) is 2.24. The first-order valence-corrected chi connectivity index (χ1v) is 5.04. The molecule has 0 spiro atoms. The van der Waals surface area contributed by atoms with Gasteiger partial charge in [-0.1, -0.05) is 37.3 Å². The van der Waals surface area contributed by atoms with Crippen molar-refractivity contribution in [2.75, 3.05) is 7.05 Å². The van der Waals surface area contributed by atoms with Crippen molar-refractivity contribution < 1.29 is 4.79 Å². The minimum absolute atomic E-state index is 0.142. The smallest absolute Gasteiger partial charge is 0.154 e. The number of likely N-dealkylation sites (N-methyl/N-ethyl adjacent to an activating group) is 1. The van der Waals surface area contributed by atoms with Gasteiger partial charge in [-0.15, -0.1) is 0 Å². The van der Waals surface area contributed by atoms with Crippen LogP contribution in [0.3, 0.4) is 0 Å². The molecule has 0 saturated carbocycles. The zero-order valence-electron chi connectivity index (χ0n) is 8.79. The molecule has 2 heteroatoms. The number of hydrogen-bond donors (Lipinski definition) is 1. The third kappa shape index (κ3) is 2.67. The molecule has 1 N–H and O–H groups in total. The van der Waals surface area contributed by atoms with E-state index in [-0.39, 0.29) is 11.8 Å². The van der Waals surface area contributed by atoms with Crippen molar-refractivity contribution >= 4 is 5.78 Å². The molecule has 1 aromatic carbocycles. The molecular formula is C12H17NO. The maximum Gasteiger partial charge on any atom is 0.154 e. The molecule has 0 radical (unpaired) electrons. The Morgan fingerprint density at radius 1 is 1.36 bits per heavy atom. The second kappa shape index (κ2) is 5.55. The molecule has 0 aromatic heterocycles. The quantitative estimate of drug-likeness (QED) is 0.773. The van der Waals surface area contributed by atoms with Gasteiger partial charge in [0, 0.05) is 6.42 Å². The fraction of sp³-hybridized carbons (Fsp3) is 0.417. The summed E-state index contributed by atoms with van der Waals surface area (Å²) >= 11 is 0. The van der Waals surface area contributed by atoms with Crippen molar-refractivity contribution in [1.82, 2.24) is 5.32 Å². The molecule has 1 aromatic rings. The highest BCUT2D eigenvalue weighted by atomic mass is 16.1. The summed E-state index contributed by atoms with van der Waals surface area (Å²) in [5, 5.41) is 3.05. The molecule has 0 fully saturated rings. The summed E-state index contributed by atoms with van der Waals surface area (Å²) < 4.78 is 0. The summed E-state index contributed by atoms with van der Waals surface area (Å²) in [6.45, 7) is 2.02. The van der Waals surface area contributed by atoms with E-state index in [1.54, 1.807) is 0 Å². The Balaban J connectivity index is 2.77. The fourth-order valence-electron chi connectivity index (χ4n) is 1.55. The van der Waals surface area contributed by atoms with Gasteiger partial charge in [-0.3, -0.25) is 4.79 Å². The molecule has 1 rings (SSSR count). The van der Waals surface area contributed by atoms with Crippen LogP contribution in [-0.4, -0.2) is 12.8 Å². The largest absolute Gasteiger partial charge is 0.307 e. The molecule has 2 nitrogen and oxygen atoms in total. The van der Waals surface area contributed by atoms with Crippen LogP contribution in [0, 0.1) is 0 Å². The summed E-state index contributed by atoms with van der Waals surface area (Å²) in [5.74, 6) is 0.265. The van der Waals surface area contributed by atoms with Gasteiger partial charge >= 0.3 is 0 Å². The van der Waals surface area contributed by atoms with Crippen LogP contribution in [0.25, 0.3) is 0 Å². The fourth-order valence-corrected chi connectivity index (χ4v) is 1.55. The van der Waals surface area contributed by atoms with Crippen LogP contribution < -0.4 is 5.32 Å². The second-order valence-electron chi connectivity index (χ2n) is 3.35. The topological polar surface area (TPSA) is 29.1 Å². The van der Waals surface area contributed by atoms with Crippen LogP contribution in [0.15, 0.2) is 30.3 Å². The van der Waals surface area contributed by atoms with Crippen molar-refractivity contribution in [1.29, 1.82) is 0 Å². The minimum Gasteiger partial charge on any atom is -0.307 e. The SMILES string of the molecule is CCCC(=O)[C@@H](NC)c1ccccc1. The number of carbonyl (C=O) groups excluding carboxylic acids is 1. The molecule has 0 unspecified atom stereocenters. The predicted octanol–water partition coefficient (Wildman–Crippen LogP) is 2.32. The lowest BCUT2D eigenvalue weighted by molar-refractivity contribution is -0.121. The number of rotatable bonds is 5. The molecule has 0 aliphatic carbocycles. The highest BCUT2D eigenvalue weighted by Crippen LogP contribution is 2.15. The molecular weight excluding hydrogens is 174 g/mol. The van der Waals surface area contributed by atoms with Crippen LogP contribution in [-0.2, 0) is 4.79 Å². The Morgan fingerprint density at radius 3 is 2.50 bits per heavy atom. The first-order chi connectivity index (χ1) is 6.79.